The van der Waals surface area contributed by atoms with Gasteiger partial charge >= 0.3 is 0 Å². The zero-order valence-electron chi connectivity index (χ0n) is 29.4. The number of nitrogens with zero attached hydrogens (tertiary/aromatic N) is 2. The second-order valence-corrected chi connectivity index (χ2v) is 13.5. The van der Waals surface area contributed by atoms with Crippen LogP contribution >= 0.6 is 0 Å². The van der Waals surface area contributed by atoms with Gasteiger partial charge in [0, 0.05) is 0 Å². The third-order valence-electron chi connectivity index (χ3n) is 10.3. The minimum Gasteiger partial charge on any atom is -0.192 e. The molecule has 0 amide bonds. The number of hydrogen-bond donors (Lipinski definition) is 0. The molecular formula is C52H32N2. The van der Waals surface area contributed by atoms with Crippen LogP contribution in [0.3, 0.4) is 0 Å². The van der Waals surface area contributed by atoms with Gasteiger partial charge in [-0.05, 0) is 137 Å². The van der Waals surface area contributed by atoms with E-state index >= 15 is 0 Å². The molecule has 0 N–H and O–H groups in total. The summed E-state index contributed by atoms with van der Waals surface area (Å²) < 4.78 is 0. The van der Waals surface area contributed by atoms with Gasteiger partial charge in [0.2, 0.25) is 0 Å². The van der Waals surface area contributed by atoms with Crippen LogP contribution in [0.2, 0.25) is 0 Å². The van der Waals surface area contributed by atoms with E-state index in [1.807, 2.05) is 48.5 Å². The fourth-order valence-electron chi connectivity index (χ4n) is 7.68. The van der Waals surface area contributed by atoms with Crippen molar-refractivity contribution in [2.45, 2.75) is 0 Å². The zero-order valence-corrected chi connectivity index (χ0v) is 29.4. The van der Waals surface area contributed by atoms with Crippen LogP contribution in [-0.4, -0.2) is 0 Å². The van der Waals surface area contributed by atoms with Crippen molar-refractivity contribution in [3.05, 3.63) is 205 Å². The Morgan fingerprint density at radius 2 is 0.611 bits per heavy atom. The number of rotatable bonds is 6. The fourth-order valence-corrected chi connectivity index (χ4v) is 7.68. The van der Waals surface area contributed by atoms with Crippen LogP contribution in [0.1, 0.15) is 11.1 Å². The fraction of sp³-hybridized carbons (Fsp3) is 0. The molecule has 0 atom stereocenters. The van der Waals surface area contributed by atoms with Gasteiger partial charge in [0.25, 0.3) is 0 Å². The topological polar surface area (TPSA) is 47.6 Å². The molecule has 0 aliphatic rings. The lowest BCUT2D eigenvalue weighted by atomic mass is 9.83. The molecule has 0 saturated carbocycles. The molecule has 0 radical (unpaired) electrons. The molecule has 0 heterocycles. The Bertz CT molecular complexity index is 2930. The normalized spacial score (nSPS) is 10.9. The third-order valence-corrected chi connectivity index (χ3v) is 10.3. The Balaban J connectivity index is 1.39. The molecule has 0 aliphatic heterocycles. The van der Waals surface area contributed by atoms with Crippen LogP contribution in [-0.2, 0) is 0 Å². The summed E-state index contributed by atoms with van der Waals surface area (Å²) in [6.45, 7) is 0. The van der Waals surface area contributed by atoms with Gasteiger partial charge in [0.15, 0.2) is 0 Å². The molecule has 0 aromatic heterocycles. The molecule has 0 bridgehead atoms. The lowest BCUT2D eigenvalue weighted by molar-refractivity contribution is 1.48. The highest BCUT2D eigenvalue weighted by Gasteiger charge is 2.19. The quantitative estimate of drug-likeness (QED) is 0.164. The third kappa shape index (κ3) is 5.99. The summed E-state index contributed by atoms with van der Waals surface area (Å²) >= 11 is 0. The van der Waals surface area contributed by atoms with Crippen molar-refractivity contribution in [2.75, 3.05) is 0 Å². The second-order valence-electron chi connectivity index (χ2n) is 13.5. The van der Waals surface area contributed by atoms with E-state index in [1.165, 1.54) is 11.1 Å². The van der Waals surface area contributed by atoms with Crippen molar-refractivity contribution in [3.8, 4) is 78.9 Å². The largest absolute Gasteiger partial charge is 0.192 e. The summed E-state index contributed by atoms with van der Waals surface area (Å²) in [6.07, 6.45) is 0. The van der Waals surface area contributed by atoms with Gasteiger partial charge in [0.1, 0.15) is 0 Å². The molecule has 250 valence electrons. The Labute approximate surface area is 315 Å². The molecule has 0 unspecified atom stereocenters. The zero-order chi connectivity index (χ0) is 36.4. The molecule has 0 spiro atoms. The molecule has 9 aromatic carbocycles. The number of fused-ring (bicyclic) bond motifs is 2. The summed E-state index contributed by atoms with van der Waals surface area (Å²) in [5.41, 5.74) is 14.7. The van der Waals surface area contributed by atoms with E-state index < -0.39 is 0 Å². The lowest BCUT2D eigenvalue weighted by Gasteiger charge is -2.20. The summed E-state index contributed by atoms with van der Waals surface area (Å²) in [5.74, 6) is 0. The van der Waals surface area contributed by atoms with E-state index in [0.29, 0.717) is 11.1 Å². The Morgan fingerprint density at radius 3 is 1.11 bits per heavy atom. The van der Waals surface area contributed by atoms with Gasteiger partial charge in [-0.25, -0.2) is 0 Å². The molecule has 54 heavy (non-hydrogen) atoms. The standard InChI is InChI=1S/C52H32N2/c53-33-35-20-22-39(23-21-35)43-24-26-47-49(31-43)51(45-18-8-16-41(29-45)37-11-3-1-4-12-37)48-27-25-44(40-15-7-10-36(28-40)34-54)32-50(48)52(47)46-19-9-17-42(30-46)38-13-5-2-6-14-38/h1-32H. The molecular weight excluding hydrogens is 653 g/mol. The first-order chi connectivity index (χ1) is 26.7. The van der Waals surface area contributed by atoms with Crippen molar-refractivity contribution >= 4 is 21.5 Å². The summed E-state index contributed by atoms with van der Waals surface area (Å²) in [7, 11) is 0. The van der Waals surface area contributed by atoms with E-state index in [-0.39, 0.29) is 0 Å². The highest BCUT2D eigenvalue weighted by Crippen LogP contribution is 2.47. The van der Waals surface area contributed by atoms with Crippen LogP contribution in [0.4, 0.5) is 0 Å². The van der Waals surface area contributed by atoms with Crippen LogP contribution in [0.25, 0.3) is 88.3 Å². The number of nitriles is 2. The number of hydrogen-bond acceptors (Lipinski definition) is 2. The minimum absolute atomic E-state index is 0.635. The predicted molar refractivity (Wildman–Crippen MR) is 223 cm³/mol. The van der Waals surface area contributed by atoms with Gasteiger partial charge in [-0.1, -0.05) is 146 Å². The van der Waals surface area contributed by atoms with Crippen molar-refractivity contribution < 1.29 is 0 Å². The average molecular weight is 685 g/mol. The minimum atomic E-state index is 0.635. The molecule has 0 aliphatic carbocycles. The molecule has 0 saturated heterocycles. The van der Waals surface area contributed by atoms with Crippen LogP contribution in [0.15, 0.2) is 194 Å². The Kier molecular flexibility index (Phi) is 8.33. The maximum Gasteiger partial charge on any atom is 0.0991 e. The van der Waals surface area contributed by atoms with E-state index in [4.69, 9.17) is 0 Å². The van der Waals surface area contributed by atoms with Crippen LogP contribution in [0.5, 0.6) is 0 Å². The smallest absolute Gasteiger partial charge is 0.0991 e. The van der Waals surface area contributed by atoms with Crippen molar-refractivity contribution in [1.82, 2.24) is 0 Å². The average Bonchev–Trinajstić information content (AvgIpc) is 3.26. The monoisotopic (exact) mass is 684 g/mol. The van der Waals surface area contributed by atoms with Gasteiger partial charge < -0.3 is 0 Å². The molecule has 2 heteroatoms. The predicted octanol–water partition coefficient (Wildman–Crippen LogP) is 13.7. The van der Waals surface area contributed by atoms with Gasteiger partial charge in [-0.3, -0.25) is 0 Å². The number of benzene rings is 9. The van der Waals surface area contributed by atoms with Crippen molar-refractivity contribution in [1.29, 1.82) is 10.5 Å². The lowest BCUT2D eigenvalue weighted by Crippen LogP contribution is -1.93. The first kappa shape index (κ1) is 32.4. The summed E-state index contributed by atoms with van der Waals surface area (Å²) in [6, 6.07) is 72.5. The second kappa shape index (κ2) is 13.9. The van der Waals surface area contributed by atoms with E-state index in [0.717, 1.165) is 77.2 Å². The van der Waals surface area contributed by atoms with E-state index in [2.05, 4.69) is 158 Å². The SMILES string of the molecule is N#Cc1ccc(-c2ccc3c(-c4cccc(-c5ccccc5)c4)c4cc(-c5cccc(C#N)c5)ccc4c(-c4cccc(-c5ccccc5)c4)c3c2)cc1. The first-order valence-electron chi connectivity index (χ1n) is 18.0. The maximum absolute atomic E-state index is 9.75. The van der Waals surface area contributed by atoms with E-state index in [9.17, 15) is 10.5 Å². The first-order valence-corrected chi connectivity index (χ1v) is 18.0. The maximum atomic E-state index is 9.75. The Hall–Kier alpha value is -7.52. The molecule has 9 aromatic rings. The molecule has 2 nitrogen and oxygen atoms in total. The highest BCUT2D eigenvalue weighted by atomic mass is 14.3. The van der Waals surface area contributed by atoms with Gasteiger partial charge in [0.05, 0.1) is 23.3 Å². The van der Waals surface area contributed by atoms with Crippen molar-refractivity contribution in [3.63, 3.8) is 0 Å². The van der Waals surface area contributed by atoms with E-state index in [1.54, 1.807) is 0 Å². The summed E-state index contributed by atoms with van der Waals surface area (Å²) in [5, 5.41) is 23.8. The van der Waals surface area contributed by atoms with Crippen LogP contribution < -0.4 is 0 Å². The van der Waals surface area contributed by atoms with Gasteiger partial charge in [-0.15, -0.1) is 0 Å². The van der Waals surface area contributed by atoms with Crippen molar-refractivity contribution in [2.24, 2.45) is 0 Å². The summed E-state index contributed by atoms with van der Waals surface area (Å²) in [4.78, 5) is 0. The molecule has 9 rings (SSSR count). The molecule has 0 fully saturated rings. The van der Waals surface area contributed by atoms with Gasteiger partial charge in [-0.2, -0.15) is 10.5 Å². The van der Waals surface area contributed by atoms with Crippen LogP contribution in [0, 0.1) is 22.7 Å². The Morgan fingerprint density at radius 1 is 0.241 bits per heavy atom. The highest BCUT2D eigenvalue weighted by molar-refractivity contribution is 6.22.